The molecule has 0 spiro atoms. The van der Waals surface area contributed by atoms with E-state index in [0.717, 1.165) is 0 Å². The van der Waals surface area contributed by atoms with Gasteiger partial charge in [-0.3, -0.25) is 0 Å². The minimum Gasteiger partial charge on any atom is -0.455 e. The minimum absolute atomic E-state index is 0.00217. The molecule has 8 aromatic carbocycles. The number of fused-ring (bicyclic) bond motifs is 7. The van der Waals surface area contributed by atoms with E-state index in [1.807, 2.05) is 12.1 Å². The summed E-state index contributed by atoms with van der Waals surface area (Å²) in [4.78, 5) is 0. The van der Waals surface area contributed by atoms with Crippen LogP contribution in [0.25, 0.3) is 87.6 Å². The van der Waals surface area contributed by atoms with E-state index < -0.39 is 72.5 Å². The maximum absolute atomic E-state index is 9.28. The highest BCUT2D eigenvalue weighted by Crippen LogP contribution is 2.47. The topological polar surface area (TPSA) is 13.1 Å². The summed E-state index contributed by atoms with van der Waals surface area (Å²) in [7, 11) is 0. The normalized spacial score (nSPS) is 16.6. The van der Waals surface area contributed by atoms with Crippen LogP contribution in [0.15, 0.2) is 162 Å². The summed E-state index contributed by atoms with van der Waals surface area (Å²) in [6.07, 6.45) is 0. The predicted octanol–water partition coefficient (Wildman–Crippen LogP) is 12.0. The van der Waals surface area contributed by atoms with E-state index in [9.17, 15) is 1.37 Å². The smallest absolute Gasteiger partial charge is 0.143 e. The number of rotatable bonds is 3. The molecule has 0 unspecified atom stereocenters. The Labute approximate surface area is 270 Å². The quantitative estimate of drug-likeness (QED) is 0.196. The van der Waals surface area contributed by atoms with Crippen molar-refractivity contribution in [2.45, 2.75) is 0 Å². The Balaban J connectivity index is 1.42. The summed E-state index contributed by atoms with van der Waals surface area (Å²) in [5.74, 6) is 0. The third kappa shape index (κ3) is 3.65. The van der Waals surface area contributed by atoms with Crippen LogP contribution >= 0.6 is 0 Å². The third-order valence-corrected chi connectivity index (χ3v) is 7.82. The second-order valence-electron chi connectivity index (χ2n) is 10.1. The lowest BCUT2D eigenvalue weighted by atomic mass is 9.83. The van der Waals surface area contributed by atoms with Crippen LogP contribution in [0.2, 0.25) is 0 Å². The molecule has 0 aliphatic carbocycles. The fourth-order valence-corrected chi connectivity index (χ4v) is 6.03. The van der Waals surface area contributed by atoms with Gasteiger partial charge in [0.1, 0.15) is 11.2 Å². The molecule has 9 rings (SSSR count). The van der Waals surface area contributed by atoms with Crippen LogP contribution in [0.4, 0.5) is 0 Å². The molecule has 0 aliphatic heterocycles. The molecule has 0 fully saturated rings. The standard InChI is InChI=1S/C42H26O/c1-2-12-27(13-3-1)30-15-6-7-17-32(30)41-35-20-10-8-18-33(35)40(34-19-9-11-21-36(34)41)29-23-25-39-38(26-29)37-24-22-28-14-4-5-16-31(28)42(37)43-39/h1-26H/i1D,2D,3D,4D,5D,6D,7D,12D,13D,14D,15D,16D,17D,22D,24D. The highest BCUT2D eigenvalue weighted by Gasteiger charge is 2.19. The molecule has 0 atom stereocenters. The predicted molar refractivity (Wildman–Crippen MR) is 183 cm³/mol. The van der Waals surface area contributed by atoms with Crippen LogP contribution in [0.5, 0.6) is 0 Å². The van der Waals surface area contributed by atoms with E-state index in [4.69, 9.17) is 23.6 Å². The molecule has 0 radical (unpaired) electrons. The summed E-state index contributed by atoms with van der Waals surface area (Å²) in [6.45, 7) is 0. The van der Waals surface area contributed by atoms with Crippen LogP contribution in [0.1, 0.15) is 20.6 Å². The molecular weight excluding hydrogens is 520 g/mol. The zero-order valence-corrected chi connectivity index (χ0v) is 22.3. The second kappa shape index (κ2) is 9.44. The first-order valence-electron chi connectivity index (χ1n) is 21.1. The largest absolute Gasteiger partial charge is 0.455 e. The van der Waals surface area contributed by atoms with Crippen LogP contribution in [0, 0.1) is 0 Å². The zero-order chi connectivity index (χ0) is 41.4. The Morgan fingerprint density at radius 1 is 0.419 bits per heavy atom. The van der Waals surface area contributed by atoms with Gasteiger partial charge >= 0.3 is 0 Å². The Kier molecular flexibility index (Phi) is 2.97. The van der Waals surface area contributed by atoms with Gasteiger partial charge in [0.2, 0.25) is 0 Å². The van der Waals surface area contributed by atoms with Crippen molar-refractivity contribution in [1.29, 1.82) is 0 Å². The molecule has 200 valence electrons. The molecule has 9 aromatic rings. The SMILES string of the molecule is [2H]c1c([2H])c([2H])c(-c2c([2H])c([2H])c([2H])c([2H])c2-c2c3ccccc3c(-c3ccc4oc5c6c([2H])c([2H])c([2H])c([2H])c6c([2H])c([2H])c5c4c3)c3ccccc23)c([2H])c1[2H]. The van der Waals surface area contributed by atoms with Crippen LogP contribution < -0.4 is 0 Å². The lowest BCUT2D eigenvalue weighted by Gasteiger charge is -2.19. The van der Waals surface area contributed by atoms with Crippen LogP contribution in [-0.4, -0.2) is 0 Å². The first-order valence-corrected chi connectivity index (χ1v) is 13.6. The average Bonchev–Trinajstić information content (AvgIpc) is 3.61. The Bertz CT molecular complexity index is 3270. The molecule has 43 heavy (non-hydrogen) atoms. The lowest BCUT2D eigenvalue weighted by Crippen LogP contribution is -1.92. The van der Waals surface area contributed by atoms with Crippen molar-refractivity contribution >= 4 is 54.3 Å². The van der Waals surface area contributed by atoms with Gasteiger partial charge in [-0.2, -0.15) is 0 Å². The van der Waals surface area contributed by atoms with E-state index in [1.54, 1.807) is 54.6 Å². The van der Waals surface area contributed by atoms with Crippen LogP contribution in [-0.2, 0) is 0 Å². The molecular formula is C42H26O. The van der Waals surface area contributed by atoms with Crippen molar-refractivity contribution in [3.8, 4) is 33.4 Å². The zero-order valence-electron chi connectivity index (χ0n) is 37.3. The van der Waals surface area contributed by atoms with Gasteiger partial charge in [-0.25, -0.2) is 0 Å². The van der Waals surface area contributed by atoms with Gasteiger partial charge in [-0.1, -0.05) is 139 Å². The van der Waals surface area contributed by atoms with Crippen molar-refractivity contribution in [2.75, 3.05) is 0 Å². The number of hydrogen-bond acceptors (Lipinski definition) is 1. The molecule has 0 bridgehead atoms. The number of furan rings is 1. The summed E-state index contributed by atoms with van der Waals surface area (Å²) in [5.41, 5.74) is 1.41. The number of hydrogen-bond donors (Lipinski definition) is 0. The molecule has 0 amide bonds. The number of benzene rings is 8. The highest BCUT2D eigenvalue weighted by molar-refractivity contribution is 6.23. The summed E-state index contributed by atoms with van der Waals surface area (Å²) >= 11 is 0. The molecule has 1 heteroatoms. The first kappa shape index (κ1) is 13.5. The summed E-state index contributed by atoms with van der Waals surface area (Å²) in [6, 6.07) is 11.8. The Hall–Kier alpha value is -5.66. The molecule has 0 aliphatic rings. The van der Waals surface area contributed by atoms with Crippen molar-refractivity contribution in [2.24, 2.45) is 0 Å². The first-order chi connectivity index (χ1) is 27.6. The van der Waals surface area contributed by atoms with Gasteiger partial charge in [0.15, 0.2) is 0 Å². The van der Waals surface area contributed by atoms with Crippen molar-refractivity contribution in [3.63, 3.8) is 0 Å². The van der Waals surface area contributed by atoms with E-state index in [-0.39, 0.29) is 56.6 Å². The Morgan fingerprint density at radius 2 is 1.05 bits per heavy atom. The average molecular weight is 562 g/mol. The molecule has 0 saturated heterocycles. The monoisotopic (exact) mass is 561 g/mol. The summed E-state index contributed by atoms with van der Waals surface area (Å²) < 4.78 is 136. The summed E-state index contributed by atoms with van der Waals surface area (Å²) in [5, 5.41) is 2.85. The maximum Gasteiger partial charge on any atom is 0.143 e. The van der Waals surface area contributed by atoms with Crippen molar-refractivity contribution in [1.82, 2.24) is 0 Å². The Morgan fingerprint density at radius 3 is 1.79 bits per heavy atom. The minimum atomic E-state index is -0.650. The molecule has 1 heterocycles. The van der Waals surface area contributed by atoms with E-state index in [1.165, 1.54) is 0 Å². The fourth-order valence-electron chi connectivity index (χ4n) is 6.03. The lowest BCUT2D eigenvalue weighted by molar-refractivity contribution is 0.672. The third-order valence-electron chi connectivity index (χ3n) is 7.82. The highest BCUT2D eigenvalue weighted by atomic mass is 16.3. The van der Waals surface area contributed by atoms with Crippen LogP contribution in [0.3, 0.4) is 0 Å². The van der Waals surface area contributed by atoms with Gasteiger partial charge < -0.3 is 4.42 Å². The molecule has 0 saturated carbocycles. The maximum atomic E-state index is 9.28. The molecule has 1 nitrogen and oxygen atoms in total. The molecule has 0 N–H and O–H groups in total. The van der Waals surface area contributed by atoms with Gasteiger partial charge in [-0.05, 0) is 78.5 Å². The van der Waals surface area contributed by atoms with E-state index >= 15 is 0 Å². The second-order valence-corrected chi connectivity index (χ2v) is 10.1. The van der Waals surface area contributed by atoms with E-state index in [2.05, 4.69) is 0 Å². The van der Waals surface area contributed by atoms with E-state index in [0.29, 0.717) is 49.2 Å². The van der Waals surface area contributed by atoms with Gasteiger partial charge in [-0.15, -0.1) is 0 Å². The van der Waals surface area contributed by atoms with Gasteiger partial charge in [0.25, 0.3) is 0 Å². The fraction of sp³-hybridized carbons (Fsp3) is 0. The van der Waals surface area contributed by atoms with Gasteiger partial charge in [0.05, 0.1) is 20.6 Å². The van der Waals surface area contributed by atoms with Crippen molar-refractivity contribution < 1.29 is 25.0 Å². The van der Waals surface area contributed by atoms with Crippen molar-refractivity contribution in [3.05, 3.63) is 157 Å². The molecule has 1 aromatic heterocycles. The van der Waals surface area contributed by atoms with Gasteiger partial charge in [0, 0.05) is 16.2 Å².